The third kappa shape index (κ3) is 2.96. The quantitative estimate of drug-likeness (QED) is 0.592. The second kappa shape index (κ2) is 6.57. The van der Waals surface area contributed by atoms with Gasteiger partial charge in [-0.15, -0.1) is 0 Å². The summed E-state index contributed by atoms with van der Waals surface area (Å²) in [6.07, 6.45) is -0.620. The van der Waals surface area contributed by atoms with E-state index in [-0.39, 0.29) is 0 Å². The maximum atomic E-state index is 10.0. The van der Waals surface area contributed by atoms with Crippen molar-refractivity contribution in [1.29, 1.82) is 0 Å². The molecule has 0 fully saturated rings. The summed E-state index contributed by atoms with van der Waals surface area (Å²) in [5.41, 5.74) is 1.91. The molecule has 0 bridgehead atoms. The second-order valence-electron chi connectivity index (χ2n) is 6.11. The van der Waals surface area contributed by atoms with E-state index >= 15 is 0 Å². The van der Waals surface area contributed by atoms with Crippen LogP contribution in [0.25, 0.3) is 21.8 Å². The normalized spacial score (nSPS) is 12.6. The fraction of sp³-hybridized carbons (Fsp3) is 0.190. The molecule has 4 nitrogen and oxygen atoms in total. The highest BCUT2D eigenvalue weighted by Gasteiger charge is 2.14. The van der Waals surface area contributed by atoms with E-state index in [1.807, 2.05) is 53.1 Å². The number of rotatable bonds is 5. The van der Waals surface area contributed by atoms with E-state index in [0.717, 1.165) is 27.6 Å². The highest BCUT2D eigenvalue weighted by molar-refractivity contribution is 5.88. The van der Waals surface area contributed by atoms with E-state index in [1.165, 1.54) is 0 Å². The second-order valence-corrected chi connectivity index (χ2v) is 6.11. The summed E-state index contributed by atoms with van der Waals surface area (Å²) in [5, 5.41) is 12.3. The zero-order valence-corrected chi connectivity index (χ0v) is 14.1. The fourth-order valence-corrected chi connectivity index (χ4v) is 3.22. The molecule has 0 saturated carbocycles. The summed E-state index contributed by atoms with van der Waals surface area (Å²) in [7, 11) is 0. The Hall–Kier alpha value is -2.85. The summed E-state index contributed by atoms with van der Waals surface area (Å²) < 4.78 is 8.08. The van der Waals surface area contributed by atoms with E-state index < -0.39 is 6.10 Å². The third-order valence-electron chi connectivity index (χ3n) is 4.38. The molecule has 0 aliphatic heterocycles. The van der Waals surface area contributed by atoms with Gasteiger partial charge in [0, 0.05) is 5.39 Å². The van der Waals surface area contributed by atoms with Gasteiger partial charge in [-0.1, -0.05) is 48.5 Å². The summed E-state index contributed by atoms with van der Waals surface area (Å²) >= 11 is 0. The Kier molecular flexibility index (Phi) is 4.12. The van der Waals surface area contributed by atoms with Crippen molar-refractivity contribution in [3.8, 4) is 5.75 Å². The molecule has 3 aromatic carbocycles. The van der Waals surface area contributed by atoms with Crippen molar-refractivity contribution in [3.05, 3.63) is 72.6 Å². The first kappa shape index (κ1) is 15.7. The number of nitrogens with zero attached hydrogens (tertiary/aromatic N) is 2. The van der Waals surface area contributed by atoms with Gasteiger partial charge in [-0.2, -0.15) is 0 Å². The molecule has 1 aromatic heterocycles. The number of hydrogen-bond donors (Lipinski definition) is 1. The molecule has 0 spiro atoms. The number of aliphatic hydroxyl groups is 1. The van der Waals surface area contributed by atoms with Crippen molar-refractivity contribution < 1.29 is 9.84 Å². The van der Waals surface area contributed by atoms with Crippen LogP contribution in [0, 0.1) is 0 Å². The molecule has 0 aliphatic rings. The van der Waals surface area contributed by atoms with Crippen LogP contribution in [-0.4, -0.2) is 21.3 Å². The molecule has 25 heavy (non-hydrogen) atoms. The van der Waals surface area contributed by atoms with Crippen molar-refractivity contribution >= 4 is 21.8 Å². The maximum absolute atomic E-state index is 10.0. The molecule has 0 unspecified atom stereocenters. The molecule has 1 atom stereocenters. The minimum Gasteiger partial charge on any atom is -0.491 e. The van der Waals surface area contributed by atoms with Gasteiger partial charge in [0.05, 0.1) is 17.6 Å². The van der Waals surface area contributed by atoms with Crippen LogP contribution in [0.4, 0.5) is 0 Å². The van der Waals surface area contributed by atoms with Crippen LogP contribution >= 0.6 is 0 Å². The monoisotopic (exact) mass is 332 g/mol. The van der Waals surface area contributed by atoms with Crippen LogP contribution in [-0.2, 0) is 6.54 Å². The molecule has 0 amide bonds. The lowest BCUT2D eigenvalue weighted by Gasteiger charge is -2.13. The van der Waals surface area contributed by atoms with E-state index in [2.05, 4.69) is 23.2 Å². The SMILES string of the molecule is C[C@H](O)c1nc2ccccc2n1CCOc1cccc2ccccc12. The number of hydrogen-bond acceptors (Lipinski definition) is 3. The molecule has 4 aromatic rings. The summed E-state index contributed by atoms with van der Waals surface area (Å²) in [5.74, 6) is 1.55. The largest absolute Gasteiger partial charge is 0.491 e. The topological polar surface area (TPSA) is 47.3 Å². The van der Waals surface area contributed by atoms with Crippen molar-refractivity contribution in [2.45, 2.75) is 19.6 Å². The average Bonchev–Trinajstić information content (AvgIpc) is 3.01. The molecule has 126 valence electrons. The third-order valence-corrected chi connectivity index (χ3v) is 4.38. The van der Waals surface area contributed by atoms with Gasteiger partial charge in [0.25, 0.3) is 0 Å². The lowest BCUT2D eigenvalue weighted by atomic mass is 10.1. The maximum Gasteiger partial charge on any atom is 0.138 e. The van der Waals surface area contributed by atoms with E-state index in [9.17, 15) is 5.11 Å². The van der Waals surface area contributed by atoms with Crippen LogP contribution in [0.1, 0.15) is 18.9 Å². The zero-order chi connectivity index (χ0) is 17.2. The van der Waals surface area contributed by atoms with E-state index in [1.54, 1.807) is 6.92 Å². The Morgan fingerprint density at radius 1 is 1.00 bits per heavy atom. The smallest absolute Gasteiger partial charge is 0.138 e. The van der Waals surface area contributed by atoms with E-state index in [4.69, 9.17) is 4.74 Å². The van der Waals surface area contributed by atoms with E-state index in [0.29, 0.717) is 19.0 Å². The van der Waals surface area contributed by atoms with Crippen LogP contribution in [0.15, 0.2) is 66.7 Å². The number of aliphatic hydroxyl groups excluding tert-OH is 1. The lowest BCUT2D eigenvalue weighted by Crippen LogP contribution is -2.13. The first-order valence-electron chi connectivity index (χ1n) is 8.48. The molecule has 0 saturated heterocycles. The summed E-state index contributed by atoms with van der Waals surface area (Å²) in [4.78, 5) is 4.55. The summed E-state index contributed by atoms with van der Waals surface area (Å²) in [6, 6.07) is 22.2. The predicted molar refractivity (Wildman–Crippen MR) is 99.8 cm³/mol. The lowest BCUT2D eigenvalue weighted by molar-refractivity contribution is 0.181. The van der Waals surface area contributed by atoms with Crippen LogP contribution in [0.5, 0.6) is 5.75 Å². The number of para-hydroxylation sites is 2. The minimum atomic E-state index is -0.620. The van der Waals surface area contributed by atoms with Gasteiger partial charge in [0.1, 0.15) is 24.3 Å². The molecule has 1 N–H and O–H groups in total. The predicted octanol–water partition coefficient (Wildman–Crippen LogP) is 4.32. The Balaban J connectivity index is 1.59. The fourth-order valence-electron chi connectivity index (χ4n) is 3.22. The van der Waals surface area contributed by atoms with Crippen LogP contribution in [0.3, 0.4) is 0 Å². The molecule has 4 rings (SSSR count). The summed E-state index contributed by atoms with van der Waals surface area (Å²) in [6.45, 7) is 2.88. The number of aromatic nitrogens is 2. The number of imidazole rings is 1. The molecular weight excluding hydrogens is 312 g/mol. The first-order valence-corrected chi connectivity index (χ1v) is 8.48. The van der Waals surface area contributed by atoms with Gasteiger partial charge in [-0.25, -0.2) is 4.98 Å². The van der Waals surface area contributed by atoms with Gasteiger partial charge in [0.15, 0.2) is 0 Å². The van der Waals surface area contributed by atoms with Gasteiger partial charge >= 0.3 is 0 Å². The highest BCUT2D eigenvalue weighted by atomic mass is 16.5. The van der Waals surface area contributed by atoms with Crippen molar-refractivity contribution in [2.24, 2.45) is 0 Å². The Bertz CT molecular complexity index is 1020. The molecule has 1 heterocycles. The van der Waals surface area contributed by atoms with Crippen LogP contribution < -0.4 is 4.74 Å². The first-order chi connectivity index (χ1) is 12.2. The Morgan fingerprint density at radius 3 is 2.64 bits per heavy atom. The zero-order valence-electron chi connectivity index (χ0n) is 14.1. The molecular formula is C21H20N2O2. The molecule has 0 radical (unpaired) electrons. The standard InChI is InChI=1S/C21H20N2O2/c1-15(24)21-22-18-10-4-5-11-19(18)23(21)13-14-25-20-12-6-8-16-7-2-3-9-17(16)20/h2-12,15,24H,13-14H2,1H3/t15-/m0/s1. The number of benzene rings is 3. The average molecular weight is 332 g/mol. The number of ether oxygens (including phenoxy) is 1. The Labute approximate surface area is 146 Å². The Morgan fingerprint density at radius 2 is 1.76 bits per heavy atom. The van der Waals surface area contributed by atoms with Gasteiger partial charge < -0.3 is 14.4 Å². The molecule has 4 heteroatoms. The van der Waals surface area contributed by atoms with Gasteiger partial charge in [0.2, 0.25) is 0 Å². The highest BCUT2D eigenvalue weighted by Crippen LogP contribution is 2.26. The van der Waals surface area contributed by atoms with Crippen LogP contribution in [0.2, 0.25) is 0 Å². The van der Waals surface area contributed by atoms with Crippen molar-refractivity contribution in [3.63, 3.8) is 0 Å². The van der Waals surface area contributed by atoms with Gasteiger partial charge in [-0.3, -0.25) is 0 Å². The van der Waals surface area contributed by atoms with Gasteiger partial charge in [-0.05, 0) is 30.5 Å². The number of fused-ring (bicyclic) bond motifs is 2. The minimum absolute atomic E-state index is 0.508. The van der Waals surface area contributed by atoms with Crippen molar-refractivity contribution in [2.75, 3.05) is 6.61 Å². The molecule has 0 aliphatic carbocycles. The van der Waals surface area contributed by atoms with Crippen molar-refractivity contribution in [1.82, 2.24) is 9.55 Å².